The third-order valence-electron chi connectivity index (χ3n) is 5.03. The number of aliphatic imine (C=N–C) groups is 1. The van der Waals surface area contributed by atoms with Crippen molar-refractivity contribution in [2.45, 2.75) is 52.9 Å². The largest absolute Gasteiger partial charge is 0.444 e. The van der Waals surface area contributed by atoms with Crippen LogP contribution in [0.15, 0.2) is 39.9 Å². The average molecular weight is 414 g/mol. The molecule has 2 N–H and O–H groups in total. The SMILES string of the molecule is CCNC(=NCc1coc(-c2ccc(C)cc2)n1)NCCCN1CC(C)OC(C)C1. The number of nitrogens with one attached hydrogen (secondary N) is 2. The maximum atomic E-state index is 5.80. The van der Waals surface area contributed by atoms with Crippen molar-refractivity contribution in [1.29, 1.82) is 0 Å². The highest BCUT2D eigenvalue weighted by atomic mass is 16.5. The summed E-state index contributed by atoms with van der Waals surface area (Å²) in [4.78, 5) is 11.7. The van der Waals surface area contributed by atoms with Crippen molar-refractivity contribution in [2.75, 3.05) is 32.7 Å². The molecule has 2 aromatic rings. The molecule has 1 saturated heterocycles. The van der Waals surface area contributed by atoms with E-state index in [0.29, 0.717) is 24.6 Å². The monoisotopic (exact) mass is 413 g/mol. The van der Waals surface area contributed by atoms with Crippen LogP contribution in [-0.4, -0.2) is 60.8 Å². The zero-order valence-electron chi connectivity index (χ0n) is 18.6. The lowest BCUT2D eigenvalue weighted by atomic mass is 10.1. The molecule has 1 aliphatic rings. The summed E-state index contributed by atoms with van der Waals surface area (Å²) in [5, 5.41) is 6.72. The average Bonchev–Trinajstić information content (AvgIpc) is 3.18. The summed E-state index contributed by atoms with van der Waals surface area (Å²) in [6.45, 7) is 13.7. The van der Waals surface area contributed by atoms with E-state index in [0.717, 1.165) is 56.4 Å². The number of nitrogens with zero attached hydrogens (tertiary/aromatic N) is 3. The fraction of sp³-hybridized carbons (Fsp3) is 0.565. The highest BCUT2D eigenvalue weighted by molar-refractivity contribution is 5.79. The Labute approximate surface area is 179 Å². The molecular formula is C23H35N5O2. The quantitative estimate of drug-likeness (QED) is 0.393. The van der Waals surface area contributed by atoms with Gasteiger partial charge < -0.3 is 19.8 Å². The van der Waals surface area contributed by atoms with Crippen LogP contribution in [0.2, 0.25) is 0 Å². The molecular weight excluding hydrogens is 378 g/mol. The van der Waals surface area contributed by atoms with Gasteiger partial charge in [-0.2, -0.15) is 0 Å². The predicted molar refractivity (Wildman–Crippen MR) is 121 cm³/mol. The van der Waals surface area contributed by atoms with Crippen molar-refractivity contribution in [2.24, 2.45) is 4.99 Å². The molecule has 1 aromatic heterocycles. The van der Waals surface area contributed by atoms with Crippen LogP contribution in [0.4, 0.5) is 0 Å². The summed E-state index contributed by atoms with van der Waals surface area (Å²) in [5.41, 5.74) is 3.01. The Morgan fingerprint density at radius 2 is 1.90 bits per heavy atom. The molecule has 0 aliphatic carbocycles. The second kappa shape index (κ2) is 11.1. The molecule has 2 heterocycles. The van der Waals surface area contributed by atoms with E-state index in [1.807, 2.05) is 12.1 Å². The summed E-state index contributed by atoms with van der Waals surface area (Å²) >= 11 is 0. The lowest BCUT2D eigenvalue weighted by molar-refractivity contribution is -0.0679. The number of rotatable bonds is 8. The van der Waals surface area contributed by atoms with Crippen LogP contribution in [0.1, 0.15) is 38.4 Å². The lowest BCUT2D eigenvalue weighted by Gasteiger charge is -2.35. The lowest BCUT2D eigenvalue weighted by Crippen LogP contribution is -2.46. The minimum Gasteiger partial charge on any atom is -0.444 e. The van der Waals surface area contributed by atoms with Crippen LogP contribution in [0.25, 0.3) is 11.5 Å². The normalized spacial score (nSPS) is 20.3. The number of ether oxygens (including phenoxy) is 1. The molecule has 7 nitrogen and oxygen atoms in total. The highest BCUT2D eigenvalue weighted by Gasteiger charge is 2.21. The summed E-state index contributed by atoms with van der Waals surface area (Å²) in [6.07, 6.45) is 3.37. The van der Waals surface area contributed by atoms with E-state index in [1.165, 1.54) is 5.56 Å². The van der Waals surface area contributed by atoms with Gasteiger partial charge in [-0.15, -0.1) is 0 Å². The summed E-state index contributed by atoms with van der Waals surface area (Å²) in [6, 6.07) is 8.16. The molecule has 1 aliphatic heterocycles. The van der Waals surface area contributed by atoms with E-state index >= 15 is 0 Å². The molecule has 1 aromatic carbocycles. The predicted octanol–water partition coefficient (Wildman–Crippen LogP) is 3.20. The fourth-order valence-corrected chi connectivity index (χ4v) is 3.69. The molecule has 164 valence electrons. The zero-order valence-corrected chi connectivity index (χ0v) is 18.6. The minimum absolute atomic E-state index is 0.313. The summed E-state index contributed by atoms with van der Waals surface area (Å²) < 4.78 is 11.4. The molecule has 3 rings (SSSR count). The van der Waals surface area contributed by atoms with Crippen molar-refractivity contribution in [3.05, 3.63) is 41.8 Å². The van der Waals surface area contributed by atoms with Crippen LogP contribution in [0.5, 0.6) is 0 Å². The molecule has 2 atom stereocenters. The van der Waals surface area contributed by atoms with Crippen LogP contribution < -0.4 is 10.6 Å². The van der Waals surface area contributed by atoms with E-state index in [1.54, 1.807) is 6.26 Å². The number of aryl methyl sites for hydroxylation is 1. The Balaban J connectivity index is 1.47. The Morgan fingerprint density at radius 1 is 1.17 bits per heavy atom. The molecule has 2 unspecified atom stereocenters. The fourth-order valence-electron chi connectivity index (χ4n) is 3.69. The number of benzene rings is 1. The van der Waals surface area contributed by atoms with Crippen molar-refractivity contribution in [3.8, 4) is 11.5 Å². The van der Waals surface area contributed by atoms with Crippen LogP contribution >= 0.6 is 0 Å². The third-order valence-corrected chi connectivity index (χ3v) is 5.03. The Kier molecular flexibility index (Phi) is 8.28. The van der Waals surface area contributed by atoms with Crippen molar-refractivity contribution >= 4 is 5.96 Å². The number of morpholine rings is 1. The number of guanidine groups is 1. The second-order valence-corrected chi connectivity index (χ2v) is 8.00. The number of oxazole rings is 1. The summed E-state index contributed by atoms with van der Waals surface area (Å²) in [7, 11) is 0. The van der Waals surface area contributed by atoms with Crippen LogP contribution in [0.3, 0.4) is 0 Å². The smallest absolute Gasteiger partial charge is 0.226 e. The first-order valence-corrected chi connectivity index (χ1v) is 10.9. The number of aromatic nitrogens is 1. The maximum absolute atomic E-state index is 5.80. The molecule has 0 bridgehead atoms. The molecule has 0 amide bonds. The van der Waals surface area contributed by atoms with Gasteiger partial charge in [0.15, 0.2) is 5.96 Å². The Bertz CT molecular complexity index is 792. The molecule has 0 radical (unpaired) electrons. The first kappa shape index (κ1) is 22.3. The van der Waals surface area contributed by atoms with Crippen molar-refractivity contribution in [1.82, 2.24) is 20.5 Å². The zero-order chi connectivity index (χ0) is 21.3. The second-order valence-electron chi connectivity index (χ2n) is 8.00. The van der Waals surface area contributed by atoms with E-state index in [2.05, 4.69) is 65.3 Å². The molecule has 0 spiro atoms. The Morgan fingerprint density at radius 3 is 2.60 bits per heavy atom. The first-order valence-electron chi connectivity index (χ1n) is 10.9. The van der Waals surface area contributed by atoms with E-state index in [-0.39, 0.29) is 0 Å². The van der Waals surface area contributed by atoms with Gasteiger partial charge in [0.05, 0.1) is 18.8 Å². The minimum atomic E-state index is 0.313. The van der Waals surface area contributed by atoms with Crippen LogP contribution in [-0.2, 0) is 11.3 Å². The van der Waals surface area contributed by atoms with Gasteiger partial charge in [0, 0.05) is 38.3 Å². The standard InChI is InChI=1S/C23H35N5O2/c1-5-24-23(25-11-6-12-28-14-18(3)30-19(4)15-28)26-13-21-16-29-22(27-21)20-9-7-17(2)8-10-20/h7-10,16,18-19H,5-6,11-15H2,1-4H3,(H2,24,25,26). The number of hydrogen-bond donors (Lipinski definition) is 2. The first-order chi connectivity index (χ1) is 14.5. The van der Waals surface area contributed by atoms with Gasteiger partial charge in [0.25, 0.3) is 0 Å². The molecule has 30 heavy (non-hydrogen) atoms. The van der Waals surface area contributed by atoms with E-state index in [4.69, 9.17) is 9.15 Å². The highest BCUT2D eigenvalue weighted by Crippen LogP contribution is 2.19. The van der Waals surface area contributed by atoms with Gasteiger partial charge in [-0.25, -0.2) is 9.98 Å². The van der Waals surface area contributed by atoms with Gasteiger partial charge >= 0.3 is 0 Å². The molecule has 7 heteroatoms. The van der Waals surface area contributed by atoms with Gasteiger partial charge in [-0.1, -0.05) is 17.7 Å². The maximum Gasteiger partial charge on any atom is 0.226 e. The van der Waals surface area contributed by atoms with Gasteiger partial charge in [-0.3, -0.25) is 4.90 Å². The van der Waals surface area contributed by atoms with E-state index < -0.39 is 0 Å². The third kappa shape index (κ3) is 6.85. The molecule has 1 fully saturated rings. The van der Waals surface area contributed by atoms with Gasteiger partial charge in [0.1, 0.15) is 12.0 Å². The van der Waals surface area contributed by atoms with Crippen LogP contribution in [0, 0.1) is 6.92 Å². The van der Waals surface area contributed by atoms with Gasteiger partial charge in [0.2, 0.25) is 5.89 Å². The van der Waals surface area contributed by atoms with Gasteiger partial charge in [-0.05, 0) is 46.2 Å². The number of hydrogen-bond acceptors (Lipinski definition) is 5. The Hall–Kier alpha value is -2.38. The summed E-state index contributed by atoms with van der Waals surface area (Å²) in [5.74, 6) is 1.44. The van der Waals surface area contributed by atoms with Crippen molar-refractivity contribution in [3.63, 3.8) is 0 Å². The van der Waals surface area contributed by atoms with E-state index in [9.17, 15) is 0 Å². The molecule has 0 saturated carbocycles. The van der Waals surface area contributed by atoms with Crippen molar-refractivity contribution < 1.29 is 9.15 Å². The topological polar surface area (TPSA) is 74.9 Å².